The molecule has 1 nitrogen and oxygen atoms in total. The number of rotatable bonds is 6. The third-order valence-electron chi connectivity index (χ3n) is 2.86. The van der Waals surface area contributed by atoms with E-state index < -0.39 is 0 Å². The zero-order chi connectivity index (χ0) is 12.1. The summed E-state index contributed by atoms with van der Waals surface area (Å²) in [5.74, 6) is 0.694. The normalized spacial score (nSPS) is 15.1. The lowest BCUT2D eigenvalue weighted by Gasteiger charge is -2.24. The zero-order valence-electron chi connectivity index (χ0n) is 10.6. The van der Waals surface area contributed by atoms with E-state index in [1.54, 1.807) is 0 Å². The van der Waals surface area contributed by atoms with Gasteiger partial charge < -0.3 is 5.32 Å². The fraction of sp³-hybridized carbons (Fsp3) is 0.692. The van der Waals surface area contributed by atoms with Crippen LogP contribution < -0.4 is 5.32 Å². The Morgan fingerprint density at radius 2 is 2.12 bits per heavy atom. The molecule has 1 rings (SSSR count). The van der Waals surface area contributed by atoms with Crippen LogP contribution in [0.4, 0.5) is 0 Å². The summed E-state index contributed by atoms with van der Waals surface area (Å²) in [7, 11) is 0. The first-order chi connectivity index (χ1) is 7.60. The lowest BCUT2D eigenvalue weighted by atomic mass is 9.95. The van der Waals surface area contributed by atoms with Crippen LogP contribution >= 0.6 is 27.3 Å². The number of thiophene rings is 1. The van der Waals surface area contributed by atoms with Gasteiger partial charge in [-0.2, -0.15) is 0 Å². The largest absolute Gasteiger partial charge is 0.309 e. The quantitative estimate of drug-likeness (QED) is 0.787. The SMILES string of the molecule is CCCC(C)C(NCC)c1sc(C)cc1Br. The second kappa shape index (κ2) is 6.77. The molecule has 0 saturated heterocycles. The van der Waals surface area contributed by atoms with Gasteiger partial charge in [0.25, 0.3) is 0 Å². The van der Waals surface area contributed by atoms with Gasteiger partial charge in [-0.05, 0) is 47.8 Å². The van der Waals surface area contributed by atoms with Crippen LogP contribution in [0.1, 0.15) is 49.4 Å². The van der Waals surface area contributed by atoms with E-state index in [2.05, 4.69) is 55.0 Å². The van der Waals surface area contributed by atoms with Crippen LogP contribution in [0.3, 0.4) is 0 Å². The van der Waals surface area contributed by atoms with Crippen molar-refractivity contribution in [3.8, 4) is 0 Å². The van der Waals surface area contributed by atoms with E-state index in [4.69, 9.17) is 0 Å². The first kappa shape index (κ1) is 14.2. The van der Waals surface area contributed by atoms with Crippen molar-refractivity contribution in [1.29, 1.82) is 0 Å². The first-order valence-electron chi connectivity index (χ1n) is 6.09. The molecule has 0 aliphatic rings. The average Bonchev–Trinajstić information content (AvgIpc) is 2.54. The summed E-state index contributed by atoms with van der Waals surface area (Å²) in [4.78, 5) is 2.84. The Hall–Kier alpha value is 0.140. The molecule has 16 heavy (non-hydrogen) atoms. The van der Waals surface area contributed by atoms with Crippen LogP contribution in [-0.4, -0.2) is 6.54 Å². The van der Waals surface area contributed by atoms with Crippen LogP contribution in [0, 0.1) is 12.8 Å². The third-order valence-corrected chi connectivity index (χ3v) is 4.91. The molecule has 0 bridgehead atoms. The van der Waals surface area contributed by atoms with Crippen molar-refractivity contribution in [2.24, 2.45) is 5.92 Å². The molecule has 0 aliphatic carbocycles. The molecule has 2 unspecified atom stereocenters. The maximum absolute atomic E-state index is 3.68. The molecule has 1 aromatic heterocycles. The summed E-state index contributed by atoms with van der Waals surface area (Å²) in [5.41, 5.74) is 0. The van der Waals surface area contributed by atoms with E-state index >= 15 is 0 Å². The summed E-state index contributed by atoms with van der Waals surface area (Å²) >= 11 is 5.58. The van der Waals surface area contributed by atoms with Gasteiger partial charge in [-0.25, -0.2) is 0 Å². The molecule has 2 atom stereocenters. The van der Waals surface area contributed by atoms with Crippen molar-refractivity contribution in [2.75, 3.05) is 6.54 Å². The van der Waals surface area contributed by atoms with E-state index in [0.29, 0.717) is 12.0 Å². The Balaban J connectivity index is 2.88. The minimum absolute atomic E-state index is 0.498. The highest BCUT2D eigenvalue weighted by Gasteiger charge is 2.21. The smallest absolute Gasteiger partial charge is 0.0452 e. The van der Waals surface area contributed by atoms with Gasteiger partial charge in [-0.1, -0.05) is 27.2 Å². The second-order valence-electron chi connectivity index (χ2n) is 4.37. The van der Waals surface area contributed by atoms with Gasteiger partial charge in [-0.15, -0.1) is 11.3 Å². The van der Waals surface area contributed by atoms with Crippen molar-refractivity contribution >= 4 is 27.3 Å². The van der Waals surface area contributed by atoms with Gasteiger partial charge in [0.1, 0.15) is 0 Å². The van der Waals surface area contributed by atoms with Gasteiger partial charge in [0.15, 0.2) is 0 Å². The summed E-state index contributed by atoms with van der Waals surface area (Å²) in [6, 6.07) is 2.72. The predicted octanol–water partition coefficient (Wildman–Crippen LogP) is 4.91. The van der Waals surface area contributed by atoms with Crippen LogP contribution in [0.25, 0.3) is 0 Å². The molecular formula is C13H22BrNS. The fourth-order valence-electron chi connectivity index (χ4n) is 2.11. The Labute approximate surface area is 112 Å². The molecule has 0 amide bonds. The Kier molecular flexibility index (Phi) is 6.01. The van der Waals surface area contributed by atoms with Gasteiger partial charge in [-0.3, -0.25) is 0 Å². The Morgan fingerprint density at radius 3 is 2.56 bits per heavy atom. The third kappa shape index (κ3) is 3.57. The molecule has 1 N–H and O–H groups in total. The summed E-state index contributed by atoms with van der Waals surface area (Å²) in [5, 5.41) is 3.62. The van der Waals surface area contributed by atoms with E-state index in [-0.39, 0.29) is 0 Å². The van der Waals surface area contributed by atoms with Crippen molar-refractivity contribution in [3.05, 3.63) is 20.3 Å². The average molecular weight is 304 g/mol. The van der Waals surface area contributed by atoms with Crippen LogP contribution in [0.5, 0.6) is 0 Å². The van der Waals surface area contributed by atoms with E-state index in [1.165, 1.54) is 27.1 Å². The van der Waals surface area contributed by atoms with Crippen LogP contribution in [-0.2, 0) is 0 Å². The monoisotopic (exact) mass is 303 g/mol. The van der Waals surface area contributed by atoms with E-state index in [0.717, 1.165) is 6.54 Å². The van der Waals surface area contributed by atoms with Gasteiger partial charge in [0, 0.05) is 20.3 Å². The summed E-state index contributed by atoms with van der Waals surface area (Å²) in [6.45, 7) is 9.99. The lowest BCUT2D eigenvalue weighted by molar-refractivity contribution is 0.373. The summed E-state index contributed by atoms with van der Waals surface area (Å²) in [6.07, 6.45) is 2.53. The minimum atomic E-state index is 0.498. The molecular weight excluding hydrogens is 282 g/mol. The topological polar surface area (TPSA) is 12.0 Å². The molecule has 0 saturated carbocycles. The molecule has 0 fully saturated rings. The molecule has 92 valence electrons. The van der Waals surface area contributed by atoms with Crippen LogP contribution in [0.2, 0.25) is 0 Å². The molecule has 0 spiro atoms. The first-order valence-corrected chi connectivity index (χ1v) is 7.70. The lowest BCUT2D eigenvalue weighted by Crippen LogP contribution is -2.26. The van der Waals surface area contributed by atoms with Gasteiger partial charge in [0.2, 0.25) is 0 Å². The zero-order valence-corrected chi connectivity index (χ0v) is 13.0. The van der Waals surface area contributed by atoms with Crippen molar-refractivity contribution in [3.63, 3.8) is 0 Å². The maximum Gasteiger partial charge on any atom is 0.0452 e. The Morgan fingerprint density at radius 1 is 1.44 bits per heavy atom. The standard InChI is InChI=1S/C13H22BrNS/c1-5-7-9(3)12(15-6-2)13-11(14)8-10(4)16-13/h8-9,12,15H,5-7H2,1-4H3. The predicted molar refractivity (Wildman–Crippen MR) is 77.2 cm³/mol. The number of hydrogen-bond donors (Lipinski definition) is 1. The highest BCUT2D eigenvalue weighted by atomic mass is 79.9. The molecule has 1 aromatic rings. The fourth-order valence-corrected chi connectivity index (χ4v) is 4.21. The van der Waals surface area contributed by atoms with Crippen molar-refractivity contribution in [1.82, 2.24) is 5.32 Å². The van der Waals surface area contributed by atoms with Crippen molar-refractivity contribution < 1.29 is 0 Å². The highest BCUT2D eigenvalue weighted by Crippen LogP contribution is 2.36. The van der Waals surface area contributed by atoms with Gasteiger partial charge in [0.05, 0.1) is 0 Å². The minimum Gasteiger partial charge on any atom is -0.309 e. The van der Waals surface area contributed by atoms with E-state index in [1.807, 2.05) is 11.3 Å². The number of nitrogens with one attached hydrogen (secondary N) is 1. The highest BCUT2D eigenvalue weighted by molar-refractivity contribution is 9.10. The van der Waals surface area contributed by atoms with Gasteiger partial charge >= 0.3 is 0 Å². The molecule has 0 aliphatic heterocycles. The number of aryl methyl sites for hydroxylation is 1. The number of halogens is 1. The molecule has 1 heterocycles. The summed E-state index contributed by atoms with van der Waals surface area (Å²) < 4.78 is 1.27. The van der Waals surface area contributed by atoms with Crippen LogP contribution in [0.15, 0.2) is 10.5 Å². The number of hydrogen-bond acceptors (Lipinski definition) is 2. The van der Waals surface area contributed by atoms with E-state index in [9.17, 15) is 0 Å². The molecule has 0 aromatic carbocycles. The molecule has 0 radical (unpaired) electrons. The van der Waals surface area contributed by atoms with Crippen molar-refractivity contribution in [2.45, 2.75) is 46.6 Å². The Bertz CT molecular complexity index is 322. The maximum atomic E-state index is 3.68. The second-order valence-corrected chi connectivity index (χ2v) is 6.51. The molecule has 3 heteroatoms.